The van der Waals surface area contributed by atoms with E-state index in [-0.39, 0.29) is 10.8 Å². The van der Waals surface area contributed by atoms with Crippen molar-refractivity contribution in [1.82, 2.24) is 0 Å². The molecule has 0 aliphatic carbocycles. The zero-order chi connectivity index (χ0) is 9.28. The van der Waals surface area contributed by atoms with Gasteiger partial charge in [-0.25, -0.2) is 0 Å². The molecule has 0 aromatic carbocycles. The quantitative estimate of drug-likeness (QED) is 0.532. The molecular weight excluding hydrogens is 136 g/mol. The summed E-state index contributed by atoms with van der Waals surface area (Å²) in [5.41, 5.74) is -0.0509. The van der Waals surface area contributed by atoms with Gasteiger partial charge < -0.3 is 5.11 Å². The van der Waals surface area contributed by atoms with Crippen LogP contribution in [0.4, 0.5) is 0 Å². The number of hydrogen-bond donors (Lipinski definition) is 1. The lowest BCUT2D eigenvalue weighted by atomic mass is 9.87. The molecule has 0 saturated carbocycles. The van der Waals surface area contributed by atoms with Gasteiger partial charge in [-0.3, -0.25) is 0 Å². The summed E-state index contributed by atoms with van der Waals surface area (Å²) < 4.78 is 0. The maximum absolute atomic E-state index is 9.58. The van der Waals surface area contributed by atoms with Gasteiger partial charge in [0.1, 0.15) is 0 Å². The third-order valence-corrected chi connectivity index (χ3v) is 1.34. The first-order valence-corrected chi connectivity index (χ1v) is 4.05. The lowest BCUT2D eigenvalue weighted by Crippen LogP contribution is -2.12. The summed E-state index contributed by atoms with van der Waals surface area (Å²) in [6.45, 7) is 12.2. The van der Waals surface area contributed by atoms with Gasteiger partial charge >= 0.3 is 0 Å². The van der Waals surface area contributed by atoms with E-state index >= 15 is 0 Å². The molecule has 0 aromatic rings. The number of rotatable bonds is 0. The fourth-order valence-corrected chi connectivity index (χ4v) is 0.627. The fourth-order valence-electron chi connectivity index (χ4n) is 0.627. The second-order valence-electron chi connectivity index (χ2n) is 5.15. The minimum Gasteiger partial charge on any atom is -0.512 e. The van der Waals surface area contributed by atoms with Crippen LogP contribution in [-0.2, 0) is 0 Å². The predicted molar refractivity (Wildman–Crippen MR) is 49.6 cm³/mol. The number of hydrogen-bond acceptors (Lipinski definition) is 1. The van der Waals surface area contributed by atoms with Crippen LogP contribution in [0.25, 0.3) is 0 Å². The van der Waals surface area contributed by atoms with Crippen molar-refractivity contribution in [2.75, 3.05) is 0 Å². The Bertz CT molecular complexity index is 153. The van der Waals surface area contributed by atoms with Crippen LogP contribution in [0.1, 0.15) is 41.5 Å². The Morgan fingerprint density at radius 1 is 1.00 bits per heavy atom. The van der Waals surface area contributed by atoms with E-state index in [0.29, 0.717) is 5.76 Å². The normalized spacial score (nSPS) is 15.3. The van der Waals surface area contributed by atoms with Crippen molar-refractivity contribution >= 4 is 0 Å². The van der Waals surface area contributed by atoms with Crippen LogP contribution in [0.15, 0.2) is 11.8 Å². The first kappa shape index (κ1) is 10.5. The zero-order valence-corrected chi connectivity index (χ0v) is 8.52. The van der Waals surface area contributed by atoms with Gasteiger partial charge in [0.2, 0.25) is 0 Å². The van der Waals surface area contributed by atoms with Gasteiger partial charge in [-0.05, 0) is 11.5 Å². The Balaban J connectivity index is 4.49. The Labute approximate surface area is 70.1 Å². The molecule has 0 aliphatic rings. The molecule has 0 bridgehead atoms. The van der Waals surface area contributed by atoms with E-state index in [1.165, 1.54) is 0 Å². The Morgan fingerprint density at radius 3 is 1.45 bits per heavy atom. The summed E-state index contributed by atoms with van der Waals surface area (Å²) in [4.78, 5) is 0. The topological polar surface area (TPSA) is 20.2 Å². The molecule has 0 atom stereocenters. The van der Waals surface area contributed by atoms with Crippen LogP contribution >= 0.6 is 0 Å². The van der Waals surface area contributed by atoms with Crippen molar-refractivity contribution < 1.29 is 5.11 Å². The molecule has 0 radical (unpaired) electrons. The standard InChI is InChI=1S/C10H20O/c1-9(2,3)7-8(11)10(4,5)6/h7,11H,1-6H3/b8-7-. The highest BCUT2D eigenvalue weighted by Crippen LogP contribution is 2.27. The smallest absolute Gasteiger partial charge is 0.0941 e. The summed E-state index contributed by atoms with van der Waals surface area (Å²) in [6, 6.07) is 0. The van der Waals surface area contributed by atoms with Gasteiger partial charge in [-0.2, -0.15) is 0 Å². The zero-order valence-electron chi connectivity index (χ0n) is 8.52. The Kier molecular flexibility index (Phi) is 2.76. The lowest BCUT2D eigenvalue weighted by Gasteiger charge is -2.21. The summed E-state index contributed by atoms with van der Waals surface area (Å²) in [5.74, 6) is 0.477. The Morgan fingerprint density at radius 2 is 1.36 bits per heavy atom. The summed E-state index contributed by atoms with van der Waals surface area (Å²) in [6.07, 6.45) is 1.91. The van der Waals surface area contributed by atoms with Gasteiger partial charge in [-0.15, -0.1) is 0 Å². The molecule has 66 valence electrons. The minimum atomic E-state index is -0.118. The van der Waals surface area contributed by atoms with E-state index in [1.54, 1.807) is 0 Å². The predicted octanol–water partition coefficient (Wildman–Crippen LogP) is 3.52. The largest absolute Gasteiger partial charge is 0.512 e. The van der Waals surface area contributed by atoms with Gasteiger partial charge in [0.25, 0.3) is 0 Å². The van der Waals surface area contributed by atoms with Crippen molar-refractivity contribution in [2.45, 2.75) is 41.5 Å². The second kappa shape index (κ2) is 2.88. The van der Waals surface area contributed by atoms with Crippen LogP contribution in [0.3, 0.4) is 0 Å². The van der Waals surface area contributed by atoms with Crippen LogP contribution in [0, 0.1) is 10.8 Å². The summed E-state index contributed by atoms with van der Waals surface area (Å²) in [7, 11) is 0. The SMILES string of the molecule is CC(C)(C)/C=C(\O)C(C)(C)C. The maximum atomic E-state index is 9.58. The van der Waals surface area contributed by atoms with Gasteiger partial charge in [0.15, 0.2) is 0 Å². The number of aliphatic hydroxyl groups is 1. The molecule has 0 saturated heterocycles. The van der Waals surface area contributed by atoms with Crippen LogP contribution in [0.5, 0.6) is 0 Å². The molecule has 0 spiro atoms. The lowest BCUT2D eigenvalue weighted by molar-refractivity contribution is 0.266. The van der Waals surface area contributed by atoms with E-state index < -0.39 is 0 Å². The van der Waals surface area contributed by atoms with E-state index in [4.69, 9.17) is 0 Å². The molecule has 0 heterocycles. The minimum absolute atomic E-state index is 0.0668. The molecule has 1 N–H and O–H groups in total. The molecule has 1 nitrogen and oxygen atoms in total. The van der Waals surface area contributed by atoms with Crippen molar-refractivity contribution in [3.63, 3.8) is 0 Å². The van der Waals surface area contributed by atoms with Gasteiger partial charge in [0.05, 0.1) is 5.76 Å². The summed E-state index contributed by atoms with van der Waals surface area (Å²) in [5, 5.41) is 9.58. The fraction of sp³-hybridized carbons (Fsp3) is 0.800. The van der Waals surface area contributed by atoms with E-state index in [9.17, 15) is 5.11 Å². The van der Waals surface area contributed by atoms with E-state index in [0.717, 1.165) is 0 Å². The average Bonchev–Trinajstić information content (AvgIpc) is 1.56. The van der Waals surface area contributed by atoms with Crippen LogP contribution in [-0.4, -0.2) is 5.11 Å². The Hall–Kier alpha value is -0.460. The van der Waals surface area contributed by atoms with E-state index in [1.807, 2.05) is 26.8 Å². The molecule has 1 heteroatoms. The number of aliphatic hydroxyl groups excluding tert-OH is 1. The number of allylic oxidation sites excluding steroid dienone is 2. The second-order valence-corrected chi connectivity index (χ2v) is 5.15. The molecule has 0 amide bonds. The average molecular weight is 156 g/mol. The first-order chi connectivity index (χ1) is 4.63. The first-order valence-electron chi connectivity index (χ1n) is 4.05. The van der Waals surface area contributed by atoms with Gasteiger partial charge in [0, 0.05) is 5.41 Å². The summed E-state index contributed by atoms with van der Waals surface area (Å²) >= 11 is 0. The molecule has 0 rings (SSSR count). The molecule has 0 unspecified atom stereocenters. The highest BCUT2D eigenvalue weighted by molar-refractivity contribution is 5.05. The van der Waals surface area contributed by atoms with Crippen molar-refractivity contribution in [3.8, 4) is 0 Å². The van der Waals surface area contributed by atoms with Crippen molar-refractivity contribution in [2.24, 2.45) is 10.8 Å². The molecule has 0 aliphatic heterocycles. The molecule has 0 aromatic heterocycles. The highest BCUT2D eigenvalue weighted by Gasteiger charge is 2.18. The third-order valence-electron chi connectivity index (χ3n) is 1.34. The van der Waals surface area contributed by atoms with Crippen molar-refractivity contribution in [1.29, 1.82) is 0 Å². The maximum Gasteiger partial charge on any atom is 0.0941 e. The highest BCUT2D eigenvalue weighted by atomic mass is 16.3. The van der Waals surface area contributed by atoms with Crippen LogP contribution < -0.4 is 0 Å². The monoisotopic (exact) mass is 156 g/mol. The van der Waals surface area contributed by atoms with Crippen molar-refractivity contribution in [3.05, 3.63) is 11.8 Å². The third kappa shape index (κ3) is 4.88. The van der Waals surface area contributed by atoms with Gasteiger partial charge in [-0.1, -0.05) is 41.5 Å². The van der Waals surface area contributed by atoms with Crippen LogP contribution in [0.2, 0.25) is 0 Å². The molecule has 0 fully saturated rings. The molecular formula is C10H20O. The van der Waals surface area contributed by atoms with E-state index in [2.05, 4.69) is 20.8 Å². The molecule has 11 heavy (non-hydrogen) atoms.